The minimum atomic E-state index is -0.780. The van der Waals surface area contributed by atoms with Gasteiger partial charge in [0.05, 0.1) is 16.3 Å². The summed E-state index contributed by atoms with van der Waals surface area (Å²) in [6.07, 6.45) is 5.82. The van der Waals surface area contributed by atoms with Gasteiger partial charge in [-0.05, 0) is 31.0 Å². The molecule has 0 aliphatic heterocycles. The van der Waals surface area contributed by atoms with E-state index in [9.17, 15) is 9.90 Å². The number of aliphatic hydroxyl groups is 1. The van der Waals surface area contributed by atoms with Crippen LogP contribution in [0.1, 0.15) is 38.5 Å². The molecule has 0 heterocycles. The molecule has 0 bridgehead atoms. The van der Waals surface area contributed by atoms with E-state index in [0.29, 0.717) is 10.7 Å². The van der Waals surface area contributed by atoms with Gasteiger partial charge in [0, 0.05) is 11.0 Å². The van der Waals surface area contributed by atoms with Crippen LogP contribution in [0.3, 0.4) is 0 Å². The normalized spacial score (nSPS) is 17.9. The number of amides is 2. The van der Waals surface area contributed by atoms with Gasteiger partial charge >= 0.3 is 6.03 Å². The zero-order valence-electron chi connectivity index (χ0n) is 11.8. The second-order valence-corrected chi connectivity index (χ2v) is 6.89. The Kier molecular flexibility index (Phi) is 5.90. The highest BCUT2D eigenvalue weighted by atomic mass is 79.9. The largest absolute Gasteiger partial charge is 0.388 e. The monoisotopic (exact) mass is 374 g/mol. The first-order chi connectivity index (χ1) is 9.98. The summed E-state index contributed by atoms with van der Waals surface area (Å²) >= 11 is 9.36. The molecule has 21 heavy (non-hydrogen) atoms. The lowest BCUT2D eigenvalue weighted by molar-refractivity contribution is 0.0281. The van der Waals surface area contributed by atoms with E-state index in [1.807, 2.05) is 0 Å². The van der Waals surface area contributed by atoms with E-state index in [1.165, 1.54) is 0 Å². The van der Waals surface area contributed by atoms with Gasteiger partial charge in [0.2, 0.25) is 0 Å². The molecule has 1 aliphatic rings. The molecule has 116 valence electrons. The van der Waals surface area contributed by atoms with Crippen molar-refractivity contribution < 1.29 is 9.90 Å². The number of anilines is 1. The van der Waals surface area contributed by atoms with Crippen molar-refractivity contribution in [2.75, 3.05) is 11.9 Å². The van der Waals surface area contributed by atoms with Crippen molar-refractivity contribution in [1.82, 2.24) is 5.32 Å². The van der Waals surface area contributed by atoms with Crippen molar-refractivity contribution >= 4 is 39.2 Å². The van der Waals surface area contributed by atoms with Gasteiger partial charge in [-0.2, -0.15) is 0 Å². The molecule has 0 atom stereocenters. The van der Waals surface area contributed by atoms with Crippen molar-refractivity contribution in [1.29, 1.82) is 0 Å². The number of hydrogen-bond donors (Lipinski definition) is 3. The second-order valence-electron chi connectivity index (χ2n) is 5.57. The molecule has 1 aromatic rings. The van der Waals surface area contributed by atoms with E-state index >= 15 is 0 Å². The average molecular weight is 376 g/mol. The lowest BCUT2D eigenvalue weighted by atomic mass is 9.95. The van der Waals surface area contributed by atoms with Crippen LogP contribution in [0.25, 0.3) is 0 Å². The Bertz CT molecular complexity index is 502. The molecule has 0 spiro atoms. The summed E-state index contributed by atoms with van der Waals surface area (Å²) in [5.74, 6) is 0. The minimum absolute atomic E-state index is 0.271. The summed E-state index contributed by atoms with van der Waals surface area (Å²) in [7, 11) is 0. The molecule has 2 rings (SSSR count). The van der Waals surface area contributed by atoms with E-state index in [4.69, 9.17) is 11.6 Å². The number of benzene rings is 1. The lowest BCUT2D eigenvalue weighted by Gasteiger charge is -2.26. The van der Waals surface area contributed by atoms with E-state index in [-0.39, 0.29) is 12.6 Å². The van der Waals surface area contributed by atoms with Crippen molar-refractivity contribution in [2.45, 2.75) is 44.1 Å². The van der Waals surface area contributed by atoms with Crippen LogP contribution in [0.2, 0.25) is 5.02 Å². The number of carbonyl (C=O) groups is 1. The summed E-state index contributed by atoms with van der Waals surface area (Å²) in [4.78, 5) is 11.9. The third kappa shape index (κ3) is 5.16. The molecule has 0 unspecified atom stereocenters. The number of rotatable bonds is 3. The summed E-state index contributed by atoms with van der Waals surface area (Å²) in [6, 6.07) is 4.90. The third-order valence-electron chi connectivity index (χ3n) is 3.79. The van der Waals surface area contributed by atoms with Gasteiger partial charge in [-0.25, -0.2) is 4.79 Å². The summed E-state index contributed by atoms with van der Waals surface area (Å²) in [5.41, 5.74) is -0.234. The molecular weight excluding hydrogens is 356 g/mol. The fourth-order valence-electron chi connectivity index (χ4n) is 2.57. The van der Waals surface area contributed by atoms with Crippen molar-refractivity contribution in [3.8, 4) is 0 Å². The topological polar surface area (TPSA) is 61.4 Å². The van der Waals surface area contributed by atoms with Crippen LogP contribution < -0.4 is 10.6 Å². The third-order valence-corrected chi connectivity index (χ3v) is 4.60. The molecule has 4 nitrogen and oxygen atoms in total. The molecule has 2 amide bonds. The molecule has 3 N–H and O–H groups in total. The summed E-state index contributed by atoms with van der Waals surface area (Å²) in [5, 5.41) is 16.4. The van der Waals surface area contributed by atoms with E-state index in [2.05, 4.69) is 26.6 Å². The number of halogens is 2. The molecule has 1 fully saturated rings. The van der Waals surface area contributed by atoms with Gasteiger partial charge in [-0.3, -0.25) is 0 Å². The predicted molar refractivity (Wildman–Crippen MR) is 88.8 cm³/mol. The Morgan fingerprint density at radius 3 is 2.57 bits per heavy atom. The Morgan fingerprint density at radius 1 is 1.29 bits per heavy atom. The van der Waals surface area contributed by atoms with Crippen LogP contribution in [0.4, 0.5) is 10.5 Å². The van der Waals surface area contributed by atoms with Crippen LogP contribution in [0.15, 0.2) is 22.7 Å². The quantitative estimate of drug-likeness (QED) is 0.689. The van der Waals surface area contributed by atoms with Gasteiger partial charge in [-0.1, -0.05) is 53.2 Å². The standard InChI is InChI=1S/C15H20BrClN2O2/c16-11-5-6-13(12(17)9-11)19-14(20)18-10-15(21)7-3-1-2-4-8-15/h5-6,9,21H,1-4,7-8,10H2,(H2,18,19,20). The molecule has 1 aliphatic carbocycles. The number of nitrogens with one attached hydrogen (secondary N) is 2. The summed E-state index contributed by atoms with van der Waals surface area (Å²) in [6.45, 7) is 0.271. The highest BCUT2D eigenvalue weighted by Gasteiger charge is 2.28. The number of urea groups is 1. The van der Waals surface area contributed by atoms with Crippen LogP contribution >= 0.6 is 27.5 Å². The van der Waals surface area contributed by atoms with Gasteiger partial charge in [-0.15, -0.1) is 0 Å². The molecule has 1 saturated carbocycles. The lowest BCUT2D eigenvalue weighted by Crippen LogP contribution is -2.44. The highest BCUT2D eigenvalue weighted by Crippen LogP contribution is 2.27. The van der Waals surface area contributed by atoms with Gasteiger partial charge in [0.1, 0.15) is 0 Å². The predicted octanol–water partition coefficient (Wildman–Crippen LogP) is 4.31. The number of hydrogen-bond acceptors (Lipinski definition) is 2. The first kappa shape index (κ1) is 16.6. The smallest absolute Gasteiger partial charge is 0.319 e. The maximum absolute atomic E-state index is 11.9. The first-order valence-corrected chi connectivity index (χ1v) is 8.38. The second kappa shape index (κ2) is 7.47. The van der Waals surface area contributed by atoms with Crippen molar-refractivity contribution in [3.05, 3.63) is 27.7 Å². The molecule has 0 saturated heterocycles. The van der Waals surface area contributed by atoms with Crippen LogP contribution in [-0.4, -0.2) is 23.3 Å². The van der Waals surface area contributed by atoms with E-state index in [0.717, 1.165) is 43.0 Å². The highest BCUT2D eigenvalue weighted by molar-refractivity contribution is 9.10. The van der Waals surface area contributed by atoms with E-state index < -0.39 is 5.60 Å². The number of carbonyl (C=O) groups excluding carboxylic acids is 1. The molecular formula is C15H20BrClN2O2. The Morgan fingerprint density at radius 2 is 1.95 bits per heavy atom. The maximum atomic E-state index is 11.9. The Hall–Kier alpha value is -0.780. The average Bonchev–Trinajstić information content (AvgIpc) is 2.65. The van der Waals surface area contributed by atoms with Crippen molar-refractivity contribution in [3.63, 3.8) is 0 Å². The maximum Gasteiger partial charge on any atom is 0.319 e. The Labute approximate surface area is 138 Å². The van der Waals surface area contributed by atoms with Crippen molar-refractivity contribution in [2.24, 2.45) is 0 Å². The van der Waals surface area contributed by atoms with Gasteiger partial charge in [0.15, 0.2) is 0 Å². The van der Waals surface area contributed by atoms with Crippen LogP contribution in [0.5, 0.6) is 0 Å². The zero-order chi connectivity index (χ0) is 15.3. The fraction of sp³-hybridized carbons (Fsp3) is 0.533. The minimum Gasteiger partial charge on any atom is -0.388 e. The fourth-order valence-corrected chi connectivity index (χ4v) is 3.29. The Balaban J connectivity index is 1.86. The van der Waals surface area contributed by atoms with Crippen LogP contribution in [0, 0.1) is 0 Å². The zero-order valence-corrected chi connectivity index (χ0v) is 14.1. The molecule has 0 radical (unpaired) electrons. The first-order valence-electron chi connectivity index (χ1n) is 7.21. The molecule has 1 aromatic carbocycles. The van der Waals surface area contributed by atoms with Gasteiger partial charge in [0.25, 0.3) is 0 Å². The van der Waals surface area contributed by atoms with Gasteiger partial charge < -0.3 is 15.7 Å². The molecule has 0 aromatic heterocycles. The SMILES string of the molecule is O=C(NCC1(O)CCCCCC1)Nc1ccc(Br)cc1Cl. The summed E-state index contributed by atoms with van der Waals surface area (Å²) < 4.78 is 0.853. The van der Waals surface area contributed by atoms with E-state index in [1.54, 1.807) is 18.2 Å². The molecule has 6 heteroatoms. The van der Waals surface area contributed by atoms with Crippen LogP contribution in [-0.2, 0) is 0 Å².